The Morgan fingerprint density at radius 2 is 1.94 bits per heavy atom. The van der Waals surface area contributed by atoms with Gasteiger partial charge >= 0.3 is 0 Å². The van der Waals surface area contributed by atoms with Gasteiger partial charge in [-0.25, -0.2) is 0 Å². The van der Waals surface area contributed by atoms with Gasteiger partial charge in [0.2, 0.25) is 5.91 Å². The molecule has 2 atom stereocenters. The summed E-state index contributed by atoms with van der Waals surface area (Å²) >= 11 is 0. The summed E-state index contributed by atoms with van der Waals surface area (Å²) < 4.78 is 0. The maximum Gasteiger partial charge on any atom is 0.240 e. The molecule has 1 saturated heterocycles. The van der Waals surface area contributed by atoms with E-state index in [1.54, 1.807) is 4.90 Å². The number of amides is 1. The van der Waals surface area contributed by atoms with E-state index in [0.29, 0.717) is 6.54 Å². The van der Waals surface area contributed by atoms with Crippen molar-refractivity contribution < 1.29 is 4.79 Å². The van der Waals surface area contributed by atoms with Crippen molar-refractivity contribution >= 4 is 5.91 Å². The average molecular weight is 250 g/mol. The summed E-state index contributed by atoms with van der Waals surface area (Å²) in [6, 6.07) is 1.73. The molecular weight excluding hydrogens is 228 g/mol. The van der Waals surface area contributed by atoms with Gasteiger partial charge in [-0.2, -0.15) is 5.26 Å². The Hall–Kier alpha value is -1.12. The van der Waals surface area contributed by atoms with Crippen molar-refractivity contribution in [1.82, 2.24) is 4.90 Å². The molecule has 100 valence electrons. The highest BCUT2D eigenvalue weighted by Gasteiger charge is 2.35. The van der Waals surface area contributed by atoms with Crippen LogP contribution in [0.25, 0.3) is 0 Å². The van der Waals surface area contributed by atoms with Gasteiger partial charge in [-0.3, -0.25) is 4.79 Å². The van der Waals surface area contributed by atoms with Gasteiger partial charge in [-0.1, -0.05) is 0 Å². The second kappa shape index (κ2) is 5.68. The van der Waals surface area contributed by atoms with E-state index in [9.17, 15) is 4.79 Å². The van der Waals surface area contributed by atoms with Gasteiger partial charge in [-0.05, 0) is 44.4 Å². The number of carbonyl (C=O) groups excluding carboxylic acids is 1. The van der Waals surface area contributed by atoms with Crippen LogP contribution in [0.1, 0.15) is 38.5 Å². The Morgan fingerprint density at radius 3 is 2.56 bits per heavy atom. The zero-order chi connectivity index (χ0) is 13.1. The molecule has 2 aliphatic rings. The molecule has 1 saturated carbocycles. The van der Waals surface area contributed by atoms with Crippen LogP contribution in [-0.4, -0.2) is 35.5 Å². The van der Waals surface area contributed by atoms with Gasteiger partial charge in [0.25, 0.3) is 0 Å². The Kier molecular flexibility index (Phi) is 4.20. The average Bonchev–Trinajstić information content (AvgIpc) is 2.86. The van der Waals surface area contributed by atoms with Gasteiger partial charge in [0.15, 0.2) is 0 Å². The fraction of sp³-hybridized carbons (Fsp3) is 0.846. The van der Waals surface area contributed by atoms with Crippen LogP contribution in [0.5, 0.6) is 0 Å². The summed E-state index contributed by atoms with van der Waals surface area (Å²) in [5.74, 6) is 0.191. The summed E-state index contributed by atoms with van der Waals surface area (Å²) in [7, 11) is 0. The Labute approximate surface area is 108 Å². The minimum atomic E-state index is -0.452. The fourth-order valence-corrected chi connectivity index (χ4v) is 3.06. The molecule has 0 unspecified atom stereocenters. The summed E-state index contributed by atoms with van der Waals surface area (Å²) in [4.78, 5) is 14.0. The van der Waals surface area contributed by atoms with Crippen LogP contribution < -0.4 is 11.5 Å². The molecule has 0 aromatic rings. The van der Waals surface area contributed by atoms with Crippen LogP contribution in [0.3, 0.4) is 0 Å². The van der Waals surface area contributed by atoms with Crippen LogP contribution >= 0.6 is 0 Å². The lowest BCUT2D eigenvalue weighted by Crippen LogP contribution is -2.50. The minimum Gasteiger partial charge on any atom is -0.328 e. The standard InChI is InChI=1S/C13H22N4O/c14-8-11-2-1-7-17(11)13(18)12(16)9-3-5-10(15)6-4-9/h9-12H,1-7,15-16H2/t9-,10-,11-,12-/m0/s1. The largest absolute Gasteiger partial charge is 0.328 e. The number of hydrogen-bond donors (Lipinski definition) is 2. The summed E-state index contributed by atoms with van der Waals surface area (Å²) in [6.07, 6.45) is 5.45. The maximum absolute atomic E-state index is 12.3. The van der Waals surface area contributed by atoms with E-state index in [1.165, 1.54) is 0 Å². The highest BCUT2D eigenvalue weighted by Crippen LogP contribution is 2.27. The highest BCUT2D eigenvalue weighted by atomic mass is 16.2. The van der Waals surface area contributed by atoms with Crippen LogP contribution in [0, 0.1) is 17.2 Å². The first-order valence-corrected chi connectivity index (χ1v) is 6.84. The molecule has 1 amide bonds. The highest BCUT2D eigenvalue weighted by molar-refractivity contribution is 5.82. The maximum atomic E-state index is 12.3. The first kappa shape index (κ1) is 13.3. The van der Waals surface area contributed by atoms with Gasteiger partial charge in [0.1, 0.15) is 6.04 Å². The molecule has 0 aromatic carbocycles. The van der Waals surface area contributed by atoms with Crippen molar-refractivity contribution in [3.8, 4) is 6.07 Å². The predicted molar refractivity (Wildman–Crippen MR) is 68.3 cm³/mol. The number of nitrogens with zero attached hydrogens (tertiary/aromatic N) is 2. The molecule has 1 heterocycles. The number of hydrogen-bond acceptors (Lipinski definition) is 4. The van der Waals surface area contributed by atoms with Gasteiger partial charge < -0.3 is 16.4 Å². The van der Waals surface area contributed by atoms with Crippen molar-refractivity contribution in [2.45, 2.75) is 56.7 Å². The van der Waals surface area contributed by atoms with Crippen LogP contribution in [0.2, 0.25) is 0 Å². The molecule has 1 aliphatic heterocycles. The zero-order valence-corrected chi connectivity index (χ0v) is 10.7. The Morgan fingerprint density at radius 1 is 1.28 bits per heavy atom. The summed E-state index contributed by atoms with van der Waals surface area (Å²) in [5, 5.41) is 9.01. The smallest absolute Gasteiger partial charge is 0.240 e. The van der Waals surface area contributed by atoms with Crippen LogP contribution in [0.15, 0.2) is 0 Å². The van der Waals surface area contributed by atoms with Crippen LogP contribution in [-0.2, 0) is 4.79 Å². The van der Waals surface area contributed by atoms with Gasteiger partial charge in [-0.15, -0.1) is 0 Å². The molecule has 2 rings (SSSR count). The molecule has 18 heavy (non-hydrogen) atoms. The molecule has 0 spiro atoms. The van der Waals surface area contributed by atoms with Crippen molar-refractivity contribution in [3.05, 3.63) is 0 Å². The number of likely N-dealkylation sites (tertiary alicyclic amines) is 1. The van der Waals surface area contributed by atoms with Crippen LogP contribution in [0.4, 0.5) is 0 Å². The van der Waals surface area contributed by atoms with Gasteiger partial charge in [0, 0.05) is 12.6 Å². The molecule has 2 fully saturated rings. The van der Waals surface area contributed by atoms with Crippen molar-refractivity contribution in [1.29, 1.82) is 5.26 Å². The normalized spacial score (nSPS) is 34.1. The third-order valence-electron chi connectivity index (χ3n) is 4.29. The van der Waals surface area contributed by atoms with E-state index in [-0.39, 0.29) is 23.9 Å². The fourth-order valence-electron chi connectivity index (χ4n) is 3.06. The summed E-state index contributed by atoms with van der Waals surface area (Å²) in [5.41, 5.74) is 12.0. The quantitative estimate of drug-likeness (QED) is 0.739. The molecule has 5 nitrogen and oxygen atoms in total. The molecule has 5 heteroatoms. The first-order valence-electron chi connectivity index (χ1n) is 6.84. The third-order valence-corrected chi connectivity index (χ3v) is 4.29. The van der Waals surface area contributed by atoms with Crippen molar-refractivity contribution in [3.63, 3.8) is 0 Å². The summed E-state index contributed by atoms with van der Waals surface area (Å²) in [6.45, 7) is 0.678. The Bertz CT molecular complexity index is 343. The number of carbonyl (C=O) groups is 1. The predicted octanol–water partition coefficient (Wildman–Crippen LogP) is 0.346. The zero-order valence-electron chi connectivity index (χ0n) is 10.7. The topological polar surface area (TPSA) is 96.1 Å². The van der Waals surface area contributed by atoms with E-state index in [4.69, 9.17) is 16.7 Å². The van der Waals surface area contributed by atoms with Crippen molar-refractivity contribution in [2.75, 3.05) is 6.54 Å². The minimum absolute atomic E-state index is 0.0421. The lowest BCUT2D eigenvalue weighted by molar-refractivity contribution is -0.134. The Balaban J connectivity index is 1.94. The monoisotopic (exact) mass is 250 g/mol. The van der Waals surface area contributed by atoms with E-state index >= 15 is 0 Å². The number of nitrogens with two attached hydrogens (primary N) is 2. The SMILES string of the molecule is N#C[C@@H]1CCCN1C(=O)[C@@H](N)[C@H]1CC[C@H](N)CC1. The van der Waals surface area contributed by atoms with E-state index in [0.717, 1.165) is 38.5 Å². The lowest BCUT2D eigenvalue weighted by atomic mass is 9.81. The van der Waals surface area contributed by atoms with E-state index in [1.807, 2.05) is 0 Å². The number of rotatable bonds is 2. The van der Waals surface area contributed by atoms with Crippen molar-refractivity contribution in [2.24, 2.45) is 17.4 Å². The second-order valence-electron chi connectivity index (χ2n) is 5.52. The second-order valence-corrected chi connectivity index (χ2v) is 5.52. The molecular formula is C13H22N4O. The molecule has 4 N–H and O–H groups in total. The number of nitriles is 1. The van der Waals surface area contributed by atoms with E-state index in [2.05, 4.69) is 6.07 Å². The first-order chi connectivity index (χ1) is 8.63. The molecule has 0 aromatic heterocycles. The molecule has 1 aliphatic carbocycles. The molecule has 0 radical (unpaired) electrons. The van der Waals surface area contributed by atoms with Gasteiger partial charge in [0.05, 0.1) is 12.1 Å². The third kappa shape index (κ3) is 2.65. The lowest BCUT2D eigenvalue weighted by Gasteiger charge is -2.32. The van der Waals surface area contributed by atoms with E-state index < -0.39 is 6.04 Å². The molecule has 0 bridgehead atoms.